The third-order valence-corrected chi connectivity index (χ3v) is 4.75. The van der Waals surface area contributed by atoms with Crippen LogP contribution in [0.5, 0.6) is 0 Å². The Kier molecular flexibility index (Phi) is 3.95. The number of fused-ring (bicyclic) bond motifs is 1. The van der Waals surface area contributed by atoms with Crippen LogP contribution in [0.3, 0.4) is 0 Å². The standard InChI is InChI=1S/C20H17ClN2O/c21-15-7-5-14(6-8-15)19-13-20(23-11-9-16(24)10-12-23)17-3-1-2-4-18(17)22-19/h1-8,13H,9-12H2. The second kappa shape index (κ2) is 6.25. The Bertz CT molecular complexity index is 895. The van der Waals surface area contributed by atoms with Gasteiger partial charge < -0.3 is 4.90 Å². The van der Waals surface area contributed by atoms with Gasteiger partial charge in [0.25, 0.3) is 0 Å². The molecule has 0 spiro atoms. The normalized spacial score (nSPS) is 15.0. The lowest BCUT2D eigenvalue weighted by atomic mass is 10.0. The number of anilines is 1. The van der Waals surface area contributed by atoms with Crippen LogP contribution in [0.4, 0.5) is 5.69 Å². The molecule has 1 aromatic heterocycles. The number of halogens is 1. The summed E-state index contributed by atoms with van der Waals surface area (Å²) in [5, 5.41) is 1.85. The van der Waals surface area contributed by atoms with Crippen LogP contribution in [0.1, 0.15) is 12.8 Å². The van der Waals surface area contributed by atoms with Crippen molar-refractivity contribution in [2.24, 2.45) is 0 Å². The van der Waals surface area contributed by atoms with Gasteiger partial charge in [0.05, 0.1) is 11.2 Å². The van der Waals surface area contributed by atoms with Gasteiger partial charge in [-0.25, -0.2) is 4.98 Å². The van der Waals surface area contributed by atoms with E-state index in [4.69, 9.17) is 16.6 Å². The highest BCUT2D eigenvalue weighted by Gasteiger charge is 2.19. The van der Waals surface area contributed by atoms with Gasteiger partial charge in [-0.05, 0) is 24.3 Å². The Hall–Kier alpha value is -2.39. The van der Waals surface area contributed by atoms with E-state index >= 15 is 0 Å². The van der Waals surface area contributed by atoms with E-state index in [1.807, 2.05) is 42.5 Å². The van der Waals surface area contributed by atoms with Gasteiger partial charge in [0.1, 0.15) is 5.78 Å². The zero-order chi connectivity index (χ0) is 16.5. The van der Waals surface area contributed by atoms with Gasteiger partial charge in [-0.2, -0.15) is 0 Å². The van der Waals surface area contributed by atoms with E-state index < -0.39 is 0 Å². The number of carbonyl (C=O) groups excluding carboxylic acids is 1. The van der Waals surface area contributed by atoms with Gasteiger partial charge in [-0.15, -0.1) is 0 Å². The maximum Gasteiger partial charge on any atom is 0.136 e. The molecule has 1 aliphatic rings. The first-order chi connectivity index (χ1) is 11.7. The molecule has 0 saturated carbocycles. The molecule has 1 fully saturated rings. The zero-order valence-corrected chi connectivity index (χ0v) is 14.0. The summed E-state index contributed by atoms with van der Waals surface area (Å²) in [7, 11) is 0. The van der Waals surface area contributed by atoms with Crippen LogP contribution in [0.2, 0.25) is 5.02 Å². The number of piperidine rings is 1. The highest BCUT2D eigenvalue weighted by molar-refractivity contribution is 6.30. The highest BCUT2D eigenvalue weighted by Crippen LogP contribution is 2.32. The minimum absolute atomic E-state index is 0.350. The van der Waals surface area contributed by atoms with Crippen LogP contribution in [-0.4, -0.2) is 23.9 Å². The molecule has 4 heteroatoms. The van der Waals surface area contributed by atoms with E-state index in [2.05, 4.69) is 17.0 Å². The van der Waals surface area contributed by atoms with Crippen molar-refractivity contribution >= 4 is 34.0 Å². The molecule has 24 heavy (non-hydrogen) atoms. The Morgan fingerprint density at radius 2 is 1.67 bits per heavy atom. The quantitative estimate of drug-likeness (QED) is 0.678. The number of nitrogens with zero attached hydrogens (tertiary/aromatic N) is 2. The number of pyridine rings is 1. The van der Waals surface area contributed by atoms with Crippen molar-refractivity contribution in [2.75, 3.05) is 18.0 Å². The van der Waals surface area contributed by atoms with Crippen molar-refractivity contribution in [2.45, 2.75) is 12.8 Å². The summed E-state index contributed by atoms with van der Waals surface area (Å²) in [6.07, 6.45) is 1.24. The molecule has 0 unspecified atom stereocenters. The summed E-state index contributed by atoms with van der Waals surface area (Å²) < 4.78 is 0. The molecule has 0 aliphatic carbocycles. The predicted octanol–water partition coefficient (Wildman–Crippen LogP) is 4.72. The lowest BCUT2D eigenvalue weighted by Crippen LogP contribution is -2.33. The SMILES string of the molecule is O=C1CCN(c2cc(-c3ccc(Cl)cc3)nc3ccccc23)CC1. The van der Waals surface area contributed by atoms with E-state index in [9.17, 15) is 4.79 Å². The second-order valence-corrected chi connectivity index (χ2v) is 6.51. The molecule has 3 nitrogen and oxygen atoms in total. The fourth-order valence-corrected chi connectivity index (χ4v) is 3.31. The molecule has 1 saturated heterocycles. The minimum Gasteiger partial charge on any atom is -0.370 e. The Morgan fingerprint density at radius 3 is 2.42 bits per heavy atom. The van der Waals surface area contributed by atoms with E-state index in [-0.39, 0.29) is 0 Å². The van der Waals surface area contributed by atoms with Crippen LogP contribution in [0.15, 0.2) is 54.6 Å². The zero-order valence-electron chi connectivity index (χ0n) is 13.2. The fraction of sp³-hybridized carbons (Fsp3) is 0.200. The van der Waals surface area contributed by atoms with E-state index in [0.29, 0.717) is 23.6 Å². The monoisotopic (exact) mass is 336 g/mol. The molecule has 2 heterocycles. The summed E-state index contributed by atoms with van der Waals surface area (Å²) >= 11 is 6.00. The van der Waals surface area contributed by atoms with Gasteiger partial charge in [0.2, 0.25) is 0 Å². The van der Waals surface area contributed by atoms with Crippen molar-refractivity contribution in [3.8, 4) is 11.3 Å². The molecule has 2 aromatic carbocycles. The Balaban J connectivity index is 1.84. The molecule has 0 N–H and O–H groups in total. The fourth-order valence-electron chi connectivity index (χ4n) is 3.18. The Labute approximate surface area is 145 Å². The third-order valence-electron chi connectivity index (χ3n) is 4.50. The van der Waals surface area contributed by atoms with Crippen LogP contribution in [0, 0.1) is 0 Å². The smallest absolute Gasteiger partial charge is 0.136 e. The molecular weight excluding hydrogens is 320 g/mol. The van der Waals surface area contributed by atoms with Crippen LogP contribution in [0.25, 0.3) is 22.2 Å². The molecule has 0 radical (unpaired) electrons. The lowest BCUT2D eigenvalue weighted by molar-refractivity contribution is -0.119. The number of rotatable bonds is 2. The van der Waals surface area contributed by atoms with Crippen molar-refractivity contribution in [3.05, 3.63) is 59.6 Å². The summed E-state index contributed by atoms with van der Waals surface area (Å²) in [6, 6.07) is 18.0. The average Bonchev–Trinajstić information content (AvgIpc) is 2.62. The summed E-state index contributed by atoms with van der Waals surface area (Å²) in [6.45, 7) is 1.54. The van der Waals surface area contributed by atoms with E-state index in [1.165, 1.54) is 0 Å². The van der Waals surface area contributed by atoms with Gasteiger partial charge >= 0.3 is 0 Å². The van der Waals surface area contributed by atoms with E-state index in [0.717, 1.165) is 40.9 Å². The van der Waals surface area contributed by atoms with Crippen LogP contribution >= 0.6 is 11.6 Å². The number of ketones is 1. The lowest BCUT2D eigenvalue weighted by Gasteiger charge is -2.29. The predicted molar refractivity (Wildman–Crippen MR) is 98.6 cm³/mol. The number of hydrogen-bond acceptors (Lipinski definition) is 3. The molecule has 0 bridgehead atoms. The second-order valence-electron chi connectivity index (χ2n) is 6.08. The maximum absolute atomic E-state index is 11.6. The van der Waals surface area contributed by atoms with Crippen LogP contribution in [-0.2, 0) is 4.79 Å². The van der Waals surface area contributed by atoms with Crippen LogP contribution < -0.4 is 4.90 Å². The van der Waals surface area contributed by atoms with Crippen molar-refractivity contribution in [1.29, 1.82) is 0 Å². The first-order valence-electron chi connectivity index (χ1n) is 8.13. The largest absolute Gasteiger partial charge is 0.370 e. The summed E-state index contributed by atoms with van der Waals surface area (Å²) in [5.41, 5.74) is 4.09. The van der Waals surface area contributed by atoms with Crippen molar-refractivity contribution in [1.82, 2.24) is 4.98 Å². The summed E-state index contributed by atoms with van der Waals surface area (Å²) in [5.74, 6) is 0.350. The van der Waals surface area contributed by atoms with Crippen molar-refractivity contribution in [3.63, 3.8) is 0 Å². The molecule has 0 atom stereocenters. The third kappa shape index (κ3) is 2.87. The first-order valence-corrected chi connectivity index (χ1v) is 8.51. The van der Waals surface area contributed by atoms with E-state index in [1.54, 1.807) is 0 Å². The van der Waals surface area contributed by atoms with Gasteiger partial charge in [0, 0.05) is 47.6 Å². The van der Waals surface area contributed by atoms with Crippen molar-refractivity contribution < 1.29 is 4.79 Å². The number of para-hydroxylation sites is 1. The number of hydrogen-bond donors (Lipinski definition) is 0. The number of Topliss-reactive ketones (excluding diaryl/α,β-unsaturated/α-hetero) is 1. The number of carbonyl (C=O) groups is 1. The topological polar surface area (TPSA) is 33.2 Å². The molecular formula is C20H17ClN2O. The molecule has 0 amide bonds. The van der Waals surface area contributed by atoms with Gasteiger partial charge in [-0.3, -0.25) is 4.79 Å². The average molecular weight is 337 g/mol. The number of benzene rings is 2. The molecule has 4 rings (SSSR count). The molecule has 3 aromatic rings. The maximum atomic E-state index is 11.6. The number of aromatic nitrogens is 1. The first kappa shape index (κ1) is 15.2. The molecule has 120 valence electrons. The Morgan fingerprint density at radius 1 is 0.958 bits per heavy atom. The van der Waals surface area contributed by atoms with Gasteiger partial charge in [0.15, 0.2) is 0 Å². The van der Waals surface area contributed by atoms with Gasteiger partial charge in [-0.1, -0.05) is 41.9 Å². The highest BCUT2D eigenvalue weighted by atomic mass is 35.5. The summed E-state index contributed by atoms with van der Waals surface area (Å²) in [4.78, 5) is 18.7. The molecule has 1 aliphatic heterocycles. The minimum atomic E-state index is 0.350.